The second-order valence-corrected chi connectivity index (χ2v) is 6.51. The van der Waals surface area contributed by atoms with Gasteiger partial charge in [0.1, 0.15) is 18.2 Å². The minimum Gasteiger partial charge on any atom is -0.488 e. The van der Waals surface area contributed by atoms with Crippen molar-refractivity contribution in [1.29, 1.82) is 0 Å². The normalized spacial score (nSPS) is 11.5. The molecule has 4 aromatic rings. The van der Waals surface area contributed by atoms with Gasteiger partial charge in [-0.05, 0) is 19.7 Å². The third-order valence-electron chi connectivity index (χ3n) is 4.21. The van der Waals surface area contributed by atoms with Gasteiger partial charge in [-0.2, -0.15) is 0 Å². The van der Waals surface area contributed by atoms with Crippen LogP contribution < -0.4 is 4.74 Å². The van der Waals surface area contributed by atoms with Gasteiger partial charge < -0.3 is 14.6 Å². The van der Waals surface area contributed by atoms with E-state index in [0.29, 0.717) is 6.61 Å². The minimum atomic E-state index is 0.551. The van der Waals surface area contributed by atoms with Crippen LogP contribution in [0.4, 0.5) is 0 Å². The lowest BCUT2D eigenvalue weighted by Crippen LogP contribution is -2.11. The van der Waals surface area contributed by atoms with Gasteiger partial charge in [-0.3, -0.25) is 0 Å². The van der Waals surface area contributed by atoms with E-state index in [0.717, 1.165) is 45.5 Å². The Bertz CT molecular complexity index is 1010. The van der Waals surface area contributed by atoms with Crippen molar-refractivity contribution in [1.82, 2.24) is 14.9 Å². The molecule has 0 radical (unpaired) electrons. The average Bonchev–Trinajstić information content (AvgIpc) is 3.02. The second-order valence-electron chi connectivity index (χ2n) is 6.51. The summed E-state index contributed by atoms with van der Waals surface area (Å²) in [5, 5.41) is 2.21. The maximum Gasteiger partial charge on any atom is 0.129 e. The molecule has 0 bridgehead atoms. The monoisotopic (exact) mass is 331 g/mol. The first-order valence-corrected chi connectivity index (χ1v) is 8.42. The maximum atomic E-state index is 6.15. The van der Waals surface area contributed by atoms with Gasteiger partial charge in [-0.25, -0.2) is 4.98 Å². The molecule has 1 aromatic heterocycles. The summed E-state index contributed by atoms with van der Waals surface area (Å²) in [5.74, 6) is 1.84. The van der Waals surface area contributed by atoms with Gasteiger partial charge in [0.15, 0.2) is 0 Å². The Morgan fingerprint density at radius 2 is 1.68 bits per heavy atom. The number of aromatic amines is 1. The van der Waals surface area contributed by atoms with E-state index in [9.17, 15) is 0 Å². The maximum absolute atomic E-state index is 6.15. The number of hydrogen-bond donors (Lipinski definition) is 1. The van der Waals surface area contributed by atoms with E-state index in [4.69, 9.17) is 9.72 Å². The fourth-order valence-corrected chi connectivity index (χ4v) is 3.09. The summed E-state index contributed by atoms with van der Waals surface area (Å²) in [6.07, 6.45) is 0. The Morgan fingerprint density at radius 3 is 2.44 bits per heavy atom. The van der Waals surface area contributed by atoms with Crippen LogP contribution in [0.5, 0.6) is 5.75 Å². The molecule has 126 valence electrons. The van der Waals surface area contributed by atoms with E-state index in [1.165, 1.54) is 0 Å². The zero-order valence-electron chi connectivity index (χ0n) is 14.5. The number of rotatable bonds is 5. The van der Waals surface area contributed by atoms with E-state index >= 15 is 0 Å². The van der Waals surface area contributed by atoms with Crippen LogP contribution in [0.1, 0.15) is 11.4 Å². The summed E-state index contributed by atoms with van der Waals surface area (Å²) in [7, 11) is 4.08. The zero-order chi connectivity index (χ0) is 17.2. The Labute approximate surface area is 147 Å². The van der Waals surface area contributed by atoms with E-state index in [-0.39, 0.29) is 0 Å². The first-order valence-electron chi connectivity index (χ1n) is 8.42. The van der Waals surface area contributed by atoms with E-state index in [1.807, 2.05) is 44.4 Å². The Hall–Kier alpha value is -2.85. The van der Waals surface area contributed by atoms with Crippen LogP contribution >= 0.6 is 0 Å². The van der Waals surface area contributed by atoms with Crippen molar-refractivity contribution >= 4 is 21.8 Å². The molecule has 4 heteroatoms. The topological polar surface area (TPSA) is 41.2 Å². The highest BCUT2D eigenvalue weighted by molar-refractivity contribution is 6.07. The van der Waals surface area contributed by atoms with Crippen molar-refractivity contribution in [2.24, 2.45) is 0 Å². The first kappa shape index (κ1) is 15.7. The molecular weight excluding hydrogens is 310 g/mol. The number of benzene rings is 3. The summed E-state index contributed by atoms with van der Waals surface area (Å²) < 4.78 is 6.15. The molecule has 0 aliphatic carbocycles. The fraction of sp³-hybridized carbons (Fsp3) is 0.190. The van der Waals surface area contributed by atoms with Crippen molar-refractivity contribution in [2.75, 3.05) is 14.1 Å². The Kier molecular flexibility index (Phi) is 4.12. The molecule has 0 amide bonds. The number of hydrogen-bond acceptors (Lipinski definition) is 3. The Morgan fingerprint density at radius 1 is 0.960 bits per heavy atom. The molecule has 0 aliphatic heterocycles. The summed E-state index contributed by atoms with van der Waals surface area (Å²) in [6.45, 7) is 1.33. The van der Waals surface area contributed by atoms with Crippen LogP contribution in [0.2, 0.25) is 0 Å². The standard InChI is InChI=1S/C21H21N3O/c1-24(2)13-20-22-18-12-19(25-14-15-8-4-3-5-9-15)16-10-6-7-11-17(16)21(18)23-20/h3-12H,13-14H2,1-2H3,(H,22,23). The second kappa shape index (κ2) is 6.57. The van der Waals surface area contributed by atoms with E-state index < -0.39 is 0 Å². The number of nitrogens with zero attached hydrogens (tertiary/aromatic N) is 2. The molecule has 4 rings (SSSR count). The smallest absolute Gasteiger partial charge is 0.129 e. The van der Waals surface area contributed by atoms with Gasteiger partial charge in [0.2, 0.25) is 0 Å². The number of nitrogens with one attached hydrogen (secondary N) is 1. The third kappa shape index (κ3) is 3.21. The molecule has 3 aromatic carbocycles. The summed E-state index contributed by atoms with van der Waals surface area (Å²) in [5.41, 5.74) is 3.17. The van der Waals surface area contributed by atoms with Crippen LogP contribution in [0.15, 0.2) is 60.7 Å². The van der Waals surface area contributed by atoms with Gasteiger partial charge in [-0.1, -0.05) is 54.6 Å². The molecule has 1 N–H and O–H groups in total. The highest BCUT2D eigenvalue weighted by Gasteiger charge is 2.12. The summed E-state index contributed by atoms with van der Waals surface area (Å²) >= 11 is 0. The SMILES string of the molecule is CN(C)Cc1nc2c(cc(OCc3ccccc3)c3ccccc32)[nH]1. The van der Waals surface area contributed by atoms with Crippen molar-refractivity contribution < 1.29 is 4.74 Å². The lowest BCUT2D eigenvalue weighted by Gasteiger charge is -2.10. The third-order valence-corrected chi connectivity index (χ3v) is 4.21. The fourth-order valence-electron chi connectivity index (χ4n) is 3.09. The van der Waals surface area contributed by atoms with Crippen molar-refractivity contribution in [2.45, 2.75) is 13.2 Å². The molecule has 1 heterocycles. The molecule has 0 spiro atoms. The van der Waals surface area contributed by atoms with Crippen LogP contribution in [-0.4, -0.2) is 29.0 Å². The highest BCUT2D eigenvalue weighted by Crippen LogP contribution is 2.33. The molecule has 4 nitrogen and oxygen atoms in total. The zero-order valence-corrected chi connectivity index (χ0v) is 14.5. The predicted octanol–water partition coefficient (Wildman–Crippen LogP) is 4.36. The Balaban J connectivity index is 1.76. The quantitative estimate of drug-likeness (QED) is 0.591. The van der Waals surface area contributed by atoms with Crippen molar-refractivity contribution in [3.8, 4) is 5.75 Å². The van der Waals surface area contributed by atoms with E-state index in [2.05, 4.69) is 40.2 Å². The highest BCUT2D eigenvalue weighted by atomic mass is 16.5. The number of fused-ring (bicyclic) bond motifs is 3. The predicted molar refractivity (Wildman–Crippen MR) is 102 cm³/mol. The molecule has 0 saturated heterocycles. The lowest BCUT2D eigenvalue weighted by atomic mass is 10.1. The summed E-state index contributed by atoms with van der Waals surface area (Å²) in [6, 6.07) is 20.6. The number of ether oxygens (including phenoxy) is 1. The molecule has 0 atom stereocenters. The minimum absolute atomic E-state index is 0.551. The molecule has 0 unspecified atom stereocenters. The van der Waals surface area contributed by atoms with Gasteiger partial charge in [0.25, 0.3) is 0 Å². The van der Waals surface area contributed by atoms with Crippen LogP contribution in [-0.2, 0) is 13.2 Å². The molecule has 0 fully saturated rings. The van der Waals surface area contributed by atoms with Crippen LogP contribution in [0, 0.1) is 0 Å². The number of H-pyrrole nitrogens is 1. The first-order chi connectivity index (χ1) is 12.2. The number of imidazole rings is 1. The van der Waals surface area contributed by atoms with Crippen molar-refractivity contribution in [3.63, 3.8) is 0 Å². The van der Waals surface area contributed by atoms with Gasteiger partial charge in [0, 0.05) is 16.8 Å². The van der Waals surface area contributed by atoms with E-state index in [1.54, 1.807) is 0 Å². The van der Waals surface area contributed by atoms with Gasteiger partial charge in [0.05, 0.1) is 17.6 Å². The van der Waals surface area contributed by atoms with Crippen molar-refractivity contribution in [3.05, 3.63) is 72.1 Å². The van der Waals surface area contributed by atoms with Crippen LogP contribution in [0.3, 0.4) is 0 Å². The van der Waals surface area contributed by atoms with Gasteiger partial charge >= 0.3 is 0 Å². The average molecular weight is 331 g/mol. The molecule has 0 aliphatic rings. The summed E-state index contributed by atoms with van der Waals surface area (Å²) in [4.78, 5) is 10.3. The van der Waals surface area contributed by atoms with Gasteiger partial charge in [-0.15, -0.1) is 0 Å². The molecular formula is C21H21N3O. The number of aromatic nitrogens is 2. The van der Waals surface area contributed by atoms with Crippen LogP contribution in [0.25, 0.3) is 21.8 Å². The molecule has 25 heavy (non-hydrogen) atoms. The molecule has 0 saturated carbocycles. The lowest BCUT2D eigenvalue weighted by molar-refractivity contribution is 0.310. The largest absolute Gasteiger partial charge is 0.488 e.